The van der Waals surface area contributed by atoms with Crippen LogP contribution >= 0.6 is 12.2 Å². The van der Waals surface area contributed by atoms with E-state index >= 15 is 0 Å². The normalized spacial score (nSPS) is 11.3. The van der Waals surface area contributed by atoms with Crippen LogP contribution < -0.4 is 4.74 Å². The molecule has 0 spiro atoms. The molecular formula is C20H22N4OS. The first-order chi connectivity index (χ1) is 12.6. The van der Waals surface area contributed by atoms with Crippen molar-refractivity contribution in [2.24, 2.45) is 11.0 Å². The molecule has 3 rings (SSSR count). The second kappa shape index (κ2) is 8.58. The van der Waals surface area contributed by atoms with Crippen molar-refractivity contribution >= 4 is 18.4 Å². The molecule has 1 heterocycles. The van der Waals surface area contributed by atoms with Crippen molar-refractivity contribution in [3.05, 3.63) is 64.9 Å². The Morgan fingerprint density at radius 3 is 2.58 bits per heavy atom. The van der Waals surface area contributed by atoms with E-state index in [-0.39, 0.29) is 0 Å². The van der Waals surface area contributed by atoms with Gasteiger partial charge in [0, 0.05) is 5.56 Å². The third-order valence-corrected chi connectivity index (χ3v) is 4.11. The van der Waals surface area contributed by atoms with E-state index < -0.39 is 0 Å². The molecule has 5 nitrogen and oxygen atoms in total. The molecule has 0 aliphatic rings. The number of benzene rings is 2. The fraction of sp³-hybridized carbons (Fsp3) is 0.250. The topological polar surface area (TPSA) is 55.2 Å². The fourth-order valence-electron chi connectivity index (χ4n) is 2.36. The Morgan fingerprint density at radius 1 is 1.15 bits per heavy atom. The van der Waals surface area contributed by atoms with Gasteiger partial charge in [-0.3, -0.25) is 0 Å². The highest BCUT2D eigenvalue weighted by Crippen LogP contribution is 2.17. The van der Waals surface area contributed by atoms with Crippen LogP contribution in [0.15, 0.2) is 59.7 Å². The van der Waals surface area contributed by atoms with Crippen LogP contribution in [-0.2, 0) is 0 Å². The van der Waals surface area contributed by atoms with Crippen LogP contribution in [0.2, 0.25) is 0 Å². The van der Waals surface area contributed by atoms with Gasteiger partial charge in [-0.25, -0.2) is 5.10 Å². The summed E-state index contributed by atoms with van der Waals surface area (Å²) in [6.07, 6.45) is 2.81. The molecule has 0 amide bonds. The maximum atomic E-state index is 5.74. The number of hydrogen-bond donors (Lipinski definition) is 1. The molecule has 1 N–H and O–H groups in total. The van der Waals surface area contributed by atoms with E-state index in [0.29, 0.717) is 16.5 Å². The SMILES string of the molecule is CC(C)CCOc1ccc(/C=N/n2c(-c3ccccc3)n[nH]c2=S)cc1. The van der Waals surface area contributed by atoms with E-state index in [0.717, 1.165) is 29.9 Å². The maximum Gasteiger partial charge on any atom is 0.216 e. The Kier molecular flexibility index (Phi) is 5.96. The molecule has 0 aliphatic heterocycles. The number of hydrogen-bond acceptors (Lipinski definition) is 4. The number of nitrogens with zero attached hydrogens (tertiary/aromatic N) is 3. The number of aromatic amines is 1. The van der Waals surface area contributed by atoms with Crippen molar-refractivity contribution in [2.75, 3.05) is 6.61 Å². The van der Waals surface area contributed by atoms with Gasteiger partial charge in [0.2, 0.25) is 4.77 Å². The zero-order valence-electron chi connectivity index (χ0n) is 14.9. The molecule has 6 heteroatoms. The van der Waals surface area contributed by atoms with Gasteiger partial charge in [-0.05, 0) is 54.4 Å². The fourth-order valence-corrected chi connectivity index (χ4v) is 2.54. The molecule has 134 valence electrons. The summed E-state index contributed by atoms with van der Waals surface area (Å²) >= 11 is 5.29. The molecule has 0 unspecified atom stereocenters. The first kappa shape index (κ1) is 18.1. The quantitative estimate of drug-likeness (QED) is 0.477. The number of aromatic nitrogens is 3. The predicted molar refractivity (Wildman–Crippen MR) is 107 cm³/mol. The largest absolute Gasteiger partial charge is 0.494 e. The number of nitrogens with one attached hydrogen (secondary N) is 1. The molecule has 0 atom stereocenters. The van der Waals surface area contributed by atoms with Gasteiger partial charge >= 0.3 is 0 Å². The third kappa shape index (κ3) is 4.67. The summed E-state index contributed by atoms with van der Waals surface area (Å²) < 4.78 is 7.81. The summed E-state index contributed by atoms with van der Waals surface area (Å²) in [6, 6.07) is 17.7. The average molecular weight is 366 g/mol. The number of ether oxygens (including phenoxy) is 1. The molecule has 0 aliphatic carbocycles. The summed E-state index contributed by atoms with van der Waals surface area (Å²) in [6.45, 7) is 5.11. The van der Waals surface area contributed by atoms with Crippen LogP contribution in [0.1, 0.15) is 25.8 Å². The summed E-state index contributed by atoms with van der Waals surface area (Å²) in [7, 11) is 0. The summed E-state index contributed by atoms with van der Waals surface area (Å²) in [5.41, 5.74) is 1.91. The van der Waals surface area contributed by atoms with Gasteiger partial charge in [-0.15, -0.1) is 0 Å². The Balaban J connectivity index is 1.73. The Labute approximate surface area is 158 Å². The van der Waals surface area contributed by atoms with Crippen LogP contribution in [0.5, 0.6) is 5.75 Å². The first-order valence-corrected chi connectivity index (χ1v) is 9.04. The summed E-state index contributed by atoms with van der Waals surface area (Å²) in [4.78, 5) is 0. The van der Waals surface area contributed by atoms with Gasteiger partial charge in [0.15, 0.2) is 5.82 Å². The van der Waals surface area contributed by atoms with Crippen molar-refractivity contribution in [3.63, 3.8) is 0 Å². The van der Waals surface area contributed by atoms with Crippen LogP contribution in [0, 0.1) is 10.7 Å². The van der Waals surface area contributed by atoms with Crippen LogP contribution in [0.3, 0.4) is 0 Å². The van der Waals surface area contributed by atoms with Gasteiger partial charge in [-0.1, -0.05) is 44.2 Å². The van der Waals surface area contributed by atoms with E-state index in [1.807, 2.05) is 54.6 Å². The Morgan fingerprint density at radius 2 is 1.88 bits per heavy atom. The molecule has 0 fully saturated rings. The smallest absolute Gasteiger partial charge is 0.216 e. The molecule has 0 saturated heterocycles. The summed E-state index contributed by atoms with van der Waals surface area (Å²) in [5, 5.41) is 11.5. The van der Waals surface area contributed by atoms with E-state index in [4.69, 9.17) is 17.0 Å². The number of rotatable bonds is 7. The van der Waals surface area contributed by atoms with Crippen LogP contribution in [-0.4, -0.2) is 27.7 Å². The monoisotopic (exact) mass is 366 g/mol. The van der Waals surface area contributed by atoms with Crippen molar-refractivity contribution < 1.29 is 4.74 Å². The zero-order chi connectivity index (χ0) is 18.4. The van der Waals surface area contributed by atoms with Gasteiger partial charge < -0.3 is 4.74 Å². The minimum absolute atomic E-state index is 0.453. The lowest BCUT2D eigenvalue weighted by Gasteiger charge is -2.08. The van der Waals surface area contributed by atoms with Gasteiger partial charge in [0.05, 0.1) is 12.8 Å². The standard InChI is InChI=1S/C20H22N4OS/c1-15(2)12-13-25-18-10-8-16(9-11-18)14-21-24-19(22-23-20(24)26)17-6-4-3-5-7-17/h3-11,14-15H,12-13H2,1-2H3,(H,23,26)/b21-14+. The van der Waals surface area contributed by atoms with Crippen molar-refractivity contribution in [1.82, 2.24) is 14.9 Å². The van der Waals surface area contributed by atoms with Crippen molar-refractivity contribution in [2.45, 2.75) is 20.3 Å². The van der Waals surface area contributed by atoms with Crippen molar-refractivity contribution in [3.8, 4) is 17.1 Å². The Hall–Kier alpha value is -2.73. The minimum atomic E-state index is 0.453. The lowest BCUT2D eigenvalue weighted by Crippen LogP contribution is -2.01. The van der Waals surface area contributed by atoms with Crippen molar-refractivity contribution in [1.29, 1.82) is 0 Å². The van der Waals surface area contributed by atoms with Crippen LogP contribution in [0.4, 0.5) is 0 Å². The van der Waals surface area contributed by atoms with Gasteiger partial charge in [-0.2, -0.15) is 14.9 Å². The molecule has 0 saturated carbocycles. The van der Waals surface area contributed by atoms with E-state index in [1.54, 1.807) is 10.9 Å². The van der Waals surface area contributed by atoms with E-state index in [9.17, 15) is 0 Å². The highest BCUT2D eigenvalue weighted by molar-refractivity contribution is 7.71. The zero-order valence-corrected chi connectivity index (χ0v) is 15.7. The molecule has 1 aromatic heterocycles. The summed E-state index contributed by atoms with van der Waals surface area (Å²) in [5.74, 6) is 2.19. The average Bonchev–Trinajstić information content (AvgIpc) is 3.02. The van der Waals surface area contributed by atoms with Gasteiger partial charge in [0.1, 0.15) is 5.75 Å². The molecule has 2 aromatic carbocycles. The number of H-pyrrole nitrogens is 1. The second-order valence-corrected chi connectivity index (χ2v) is 6.76. The molecule has 0 radical (unpaired) electrons. The molecule has 3 aromatic rings. The minimum Gasteiger partial charge on any atom is -0.494 e. The second-order valence-electron chi connectivity index (χ2n) is 6.37. The third-order valence-electron chi connectivity index (χ3n) is 3.85. The highest BCUT2D eigenvalue weighted by Gasteiger charge is 2.07. The Bertz CT molecular complexity index is 911. The first-order valence-electron chi connectivity index (χ1n) is 8.63. The van der Waals surface area contributed by atoms with Gasteiger partial charge in [0.25, 0.3) is 0 Å². The highest BCUT2D eigenvalue weighted by atomic mass is 32.1. The molecule has 26 heavy (non-hydrogen) atoms. The lowest BCUT2D eigenvalue weighted by molar-refractivity contribution is 0.289. The van der Waals surface area contributed by atoms with Crippen LogP contribution in [0.25, 0.3) is 11.4 Å². The van der Waals surface area contributed by atoms with E-state index in [2.05, 4.69) is 29.1 Å². The maximum absolute atomic E-state index is 5.74. The lowest BCUT2D eigenvalue weighted by atomic mass is 10.1. The molecule has 0 bridgehead atoms. The predicted octanol–water partition coefficient (Wildman–Crippen LogP) is 4.91. The van der Waals surface area contributed by atoms with E-state index in [1.165, 1.54) is 0 Å². The molecular weight excluding hydrogens is 344 g/mol.